The first-order valence-electron chi connectivity index (χ1n) is 9.87. The summed E-state index contributed by atoms with van der Waals surface area (Å²) >= 11 is 0. The van der Waals surface area contributed by atoms with Crippen LogP contribution in [0.15, 0.2) is 48.0 Å². The first kappa shape index (κ1) is 18.7. The van der Waals surface area contributed by atoms with E-state index in [-0.39, 0.29) is 19.0 Å². The summed E-state index contributed by atoms with van der Waals surface area (Å²) in [6.07, 6.45) is 4.53. The maximum Gasteiger partial charge on any atom is 0.410 e. The van der Waals surface area contributed by atoms with Crippen molar-refractivity contribution in [3.05, 3.63) is 76.1 Å². The largest absolute Gasteiger partial charge is 0.445 e. The van der Waals surface area contributed by atoms with Gasteiger partial charge in [-0.05, 0) is 55.1 Å². The van der Waals surface area contributed by atoms with Crippen molar-refractivity contribution in [1.82, 2.24) is 10.2 Å². The molecule has 4 rings (SSSR count). The molecule has 2 aromatic rings. The van der Waals surface area contributed by atoms with Gasteiger partial charge in [-0.15, -0.1) is 0 Å². The van der Waals surface area contributed by atoms with Gasteiger partial charge in [0.2, 0.25) is 0 Å². The predicted octanol–water partition coefficient (Wildman–Crippen LogP) is 4.29. The van der Waals surface area contributed by atoms with Crippen LogP contribution in [0.4, 0.5) is 9.18 Å². The zero-order chi connectivity index (χ0) is 19.3. The van der Waals surface area contributed by atoms with E-state index in [1.165, 1.54) is 11.6 Å². The third kappa shape index (κ3) is 4.25. The van der Waals surface area contributed by atoms with Crippen LogP contribution in [0.1, 0.15) is 35.1 Å². The Kier molecular flexibility index (Phi) is 5.72. The highest BCUT2D eigenvalue weighted by atomic mass is 19.1. The van der Waals surface area contributed by atoms with Gasteiger partial charge in [-0.1, -0.05) is 48.0 Å². The van der Waals surface area contributed by atoms with Gasteiger partial charge in [0.15, 0.2) is 0 Å². The zero-order valence-electron chi connectivity index (χ0n) is 15.9. The Bertz CT molecular complexity index is 872. The molecule has 0 radical (unpaired) electrons. The number of amides is 1. The number of fused-ring (bicyclic) bond motifs is 1. The van der Waals surface area contributed by atoms with Gasteiger partial charge in [0.05, 0.1) is 6.54 Å². The first-order valence-corrected chi connectivity index (χ1v) is 9.87. The molecule has 1 fully saturated rings. The molecule has 0 saturated carbocycles. The Balaban J connectivity index is 1.47. The number of nitrogens with one attached hydrogen (secondary N) is 1. The number of halogens is 1. The van der Waals surface area contributed by atoms with E-state index >= 15 is 0 Å². The van der Waals surface area contributed by atoms with Crippen LogP contribution in [0, 0.1) is 5.82 Å². The van der Waals surface area contributed by atoms with Crippen molar-refractivity contribution in [3.8, 4) is 0 Å². The fraction of sp³-hybridized carbons (Fsp3) is 0.348. The van der Waals surface area contributed by atoms with E-state index in [9.17, 15) is 9.18 Å². The number of benzene rings is 2. The molecule has 1 N–H and O–H groups in total. The molecule has 2 aliphatic heterocycles. The van der Waals surface area contributed by atoms with Crippen molar-refractivity contribution < 1.29 is 13.9 Å². The first-order chi connectivity index (χ1) is 13.7. The van der Waals surface area contributed by atoms with E-state index in [1.807, 2.05) is 36.4 Å². The van der Waals surface area contributed by atoms with Crippen molar-refractivity contribution in [2.24, 2.45) is 0 Å². The quantitative estimate of drug-likeness (QED) is 0.864. The van der Waals surface area contributed by atoms with E-state index in [0.717, 1.165) is 42.6 Å². The summed E-state index contributed by atoms with van der Waals surface area (Å²) in [6, 6.07) is 13.0. The molecule has 2 heterocycles. The van der Waals surface area contributed by atoms with Gasteiger partial charge in [0, 0.05) is 12.1 Å². The topological polar surface area (TPSA) is 41.6 Å². The smallest absolute Gasteiger partial charge is 0.410 e. The van der Waals surface area contributed by atoms with Gasteiger partial charge in [0.25, 0.3) is 0 Å². The van der Waals surface area contributed by atoms with Gasteiger partial charge in [0.1, 0.15) is 12.4 Å². The summed E-state index contributed by atoms with van der Waals surface area (Å²) in [6.45, 7) is 3.02. The second-order valence-corrected chi connectivity index (χ2v) is 7.36. The van der Waals surface area contributed by atoms with Crippen LogP contribution in [-0.2, 0) is 24.3 Å². The minimum atomic E-state index is -0.393. The molecule has 4 nitrogen and oxygen atoms in total. The van der Waals surface area contributed by atoms with Gasteiger partial charge < -0.3 is 15.0 Å². The average molecular weight is 380 g/mol. The van der Waals surface area contributed by atoms with Gasteiger partial charge in [-0.3, -0.25) is 0 Å². The number of carbonyl (C=O) groups excluding carboxylic acids is 1. The standard InChI is InChI=1S/C23H25FN2O2/c24-22-7-6-19(14-17-8-11-25-12-9-17)20-10-13-26(15-21(20)22)23(27)28-16-18-4-2-1-3-5-18/h1-7,14,25H,8-13,15-16H2. The van der Waals surface area contributed by atoms with E-state index in [4.69, 9.17) is 4.74 Å². The lowest BCUT2D eigenvalue weighted by Crippen LogP contribution is -2.37. The predicted molar refractivity (Wildman–Crippen MR) is 107 cm³/mol. The van der Waals surface area contributed by atoms with Crippen molar-refractivity contribution in [1.29, 1.82) is 0 Å². The van der Waals surface area contributed by atoms with Crippen LogP contribution in [0.25, 0.3) is 6.08 Å². The van der Waals surface area contributed by atoms with Crippen LogP contribution in [0.5, 0.6) is 0 Å². The average Bonchev–Trinajstić information content (AvgIpc) is 2.75. The van der Waals surface area contributed by atoms with Crippen LogP contribution >= 0.6 is 0 Å². The molecule has 0 unspecified atom stereocenters. The Morgan fingerprint density at radius 1 is 1.07 bits per heavy atom. The van der Waals surface area contributed by atoms with Gasteiger partial charge in [-0.2, -0.15) is 0 Å². The lowest BCUT2D eigenvalue weighted by atomic mass is 9.91. The van der Waals surface area contributed by atoms with Crippen LogP contribution in [0.3, 0.4) is 0 Å². The SMILES string of the molecule is O=C(OCc1ccccc1)N1CCc2c(C=C3CCNCC3)ccc(F)c2C1. The molecule has 0 atom stereocenters. The lowest BCUT2D eigenvalue weighted by molar-refractivity contribution is 0.0913. The van der Waals surface area contributed by atoms with Crippen LogP contribution in [0.2, 0.25) is 0 Å². The van der Waals surface area contributed by atoms with Crippen molar-refractivity contribution in [3.63, 3.8) is 0 Å². The number of rotatable bonds is 3. The number of ether oxygens (including phenoxy) is 1. The maximum atomic E-state index is 14.5. The Hall–Kier alpha value is -2.66. The fourth-order valence-corrected chi connectivity index (χ4v) is 3.88. The minimum absolute atomic E-state index is 0.228. The van der Waals surface area contributed by atoms with Crippen LogP contribution in [-0.4, -0.2) is 30.6 Å². The summed E-state index contributed by atoms with van der Waals surface area (Å²) in [5, 5.41) is 3.36. The molecule has 0 bridgehead atoms. The monoisotopic (exact) mass is 380 g/mol. The number of nitrogens with zero attached hydrogens (tertiary/aromatic N) is 1. The zero-order valence-corrected chi connectivity index (χ0v) is 15.9. The molecule has 0 aromatic heterocycles. The van der Waals surface area contributed by atoms with Crippen molar-refractivity contribution >= 4 is 12.2 Å². The Labute approximate surface area is 165 Å². The number of hydrogen-bond donors (Lipinski definition) is 1. The molecule has 0 aliphatic carbocycles. The van der Waals surface area contributed by atoms with Crippen molar-refractivity contribution in [2.75, 3.05) is 19.6 Å². The number of carbonyl (C=O) groups is 1. The third-order valence-electron chi connectivity index (χ3n) is 5.46. The molecule has 28 heavy (non-hydrogen) atoms. The molecule has 1 amide bonds. The Morgan fingerprint density at radius 3 is 2.64 bits per heavy atom. The second kappa shape index (κ2) is 8.57. The van der Waals surface area contributed by atoms with Crippen molar-refractivity contribution in [2.45, 2.75) is 32.4 Å². The number of hydrogen-bond acceptors (Lipinski definition) is 3. The number of piperidine rings is 1. The summed E-state index contributed by atoms with van der Waals surface area (Å²) in [5.41, 5.74) is 5.07. The normalized spacial score (nSPS) is 16.5. The lowest BCUT2D eigenvalue weighted by Gasteiger charge is -2.29. The molecule has 1 saturated heterocycles. The highest BCUT2D eigenvalue weighted by Gasteiger charge is 2.25. The molecule has 5 heteroatoms. The highest BCUT2D eigenvalue weighted by molar-refractivity contribution is 5.69. The molecular weight excluding hydrogens is 355 g/mol. The van der Waals surface area contributed by atoms with E-state index in [1.54, 1.807) is 4.90 Å². The molecule has 0 spiro atoms. The summed E-state index contributed by atoms with van der Waals surface area (Å²) in [4.78, 5) is 14.0. The summed E-state index contributed by atoms with van der Waals surface area (Å²) < 4.78 is 19.9. The minimum Gasteiger partial charge on any atom is -0.445 e. The van der Waals surface area contributed by atoms with E-state index < -0.39 is 6.09 Å². The maximum absolute atomic E-state index is 14.5. The Morgan fingerprint density at radius 2 is 1.86 bits per heavy atom. The highest BCUT2D eigenvalue weighted by Crippen LogP contribution is 2.28. The molecular formula is C23H25FN2O2. The third-order valence-corrected chi connectivity index (χ3v) is 5.46. The van der Waals surface area contributed by atoms with Gasteiger partial charge in [-0.25, -0.2) is 9.18 Å². The molecule has 2 aromatic carbocycles. The van der Waals surface area contributed by atoms with E-state index in [0.29, 0.717) is 18.5 Å². The molecule has 146 valence electrons. The van der Waals surface area contributed by atoms with Gasteiger partial charge >= 0.3 is 6.09 Å². The summed E-state index contributed by atoms with van der Waals surface area (Å²) in [5.74, 6) is -0.247. The molecule has 2 aliphatic rings. The van der Waals surface area contributed by atoms with Crippen LogP contribution < -0.4 is 5.32 Å². The van der Waals surface area contributed by atoms with E-state index in [2.05, 4.69) is 11.4 Å². The fourth-order valence-electron chi connectivity index (χ4n) is 3.88. The second-order valence-electron chi connectivity index (χ2n) is 7.36. The summed E-state index contributed by atoms with van der Waals surface area (Å²) in [7, 11) is 0.